The number of hydrogen-bond acceptors (Lipinski definition) is 6. The number of aliphatic hydroxyl groups excluding tert-OH is 1. The van der Waals surface area contributed by atoms with E-state index >= 15 is 0 Å². The first-order valence-corrected chi connectivity index (χ1v) is 21.9. The Morgan fingerprint density at radius 3 is 1.67 bits per heavy atom. The normalized spacial score (nSPS) is 14.8. The maximum atomic E-state index is 12.7. The third-order valence-electron chi connectivity index (χ3n) is 8.54. The largest absolute Gasteiger partial charge is 0.472 e. The van der Waals surface area contributed by atoms with Crippen molar-refractivity contribution in [3.63, 3.8) is 0 Å². The first-order valence-electron chi connectivity index (χ1n) is 20.4. The second-order valence-electron chi connectivity index (χ2n) is 13.5. The molecule has 3 atom stereocenters. The second-order valence-corrected chi connectivity index (χ2v) is 14.9. The Balaban J connectivity index is 4.36. The van der Waals surface area contributed by atoms with E-state index in [1.165, 1.54) is 83.5 Å². The molecule has 3 unspecified atom stereocenters. The Kier molecular flexibility index (Phi) is 36.6. The molecule has 0 aliphatic carbocycles. The Bertz CT molecular complexity index is 980. The molecule has 0 heterocycles. The maximum Gasteiger partial charge on any atom is 0.472 e. The van der Waals surface area contributed by atoms with Crippen LogP contribution in [-0.4, -0.2) is 47.8 Å². The minimum Gasteiger partial charge on any atom is -0.387 e. The number of phosphoric acid groups is 1. The molecule has 0 aromatic rings. The van der Waals surface area contributed by atoms with E-state index in [1.807, 2.05) is 6.08 Å². The van der Waals surface area contributed by atoms with Crippen molar-refractivity contribution in [2.45, 2.75) is 180 Å². The molecule has 0 aliphatic heterocycles. The van der Waals surface area contributed by atoms with Crippen molar-refractivity contribution in [3.05, 3.63) is 60.8 Å². The number of amides is 1. The number of carbonyl (C=O) groups is 1. The molecule has 0 aliphatic rings. The lowest BCUT2D eigenvalue weighted by Crippen LogP contribution is -2.45. The minimum atomic E-state index is -4.35. The molecule has 51 heavy (non-hydrogen) atoms. The van der Waals surface area contributed by atoms with Crippen LogP contribution in [0.2, 0.25) is 0 Å². The Morgan fingerprint density at radius 2 is 1.10 bits per heavy atom. The highest BCUT2D eigenvalue weighted by atomic mass is 31.2. The quantitative estimate of drug-likeness (QED) is 0.0284. The van der Waals surface area contributed by atoms with Gasteiger partial charge in [-0.2, -0.15) is 0 Å². The van der Waals surface area contributed by atoms with Gasteiger partial charge in [-0.1, -0.05) is 145 Å². The highest BCUT2D eigenvalue weighted by molar-refractivity contribution is 7.47. The SMILES string of the molecule is CCCCC/C=C\C/C=C\CCCCCCCCCC(=O)NC(COP(=O)(O)OCCN)C(O)/C=C/CC/C=C/CC/C=C/CCCCCCC. The monoisotopic (exact) mass is 737 g/mol. The van der Waals surface area contributed by atoms with E-state index in [-0.39, 0.29) is 25.7 Å². The third-order valence-corrected chi connectivity index (χ3v) is 9.53. The predicted octanol–water partition coefficient (Wildman–Crippen LogP) is 11.1. The second kappa shape index (κ2) is 37.9. The van der Waals surface area contributed by atoms with Crippen molar-refractivity contribution in [3.8, 4) is 0 Å². The van der Waals surface area contributed by atoms with E-state index in [4.69, 9.17) is 14.8 Å². The van der Waals surface area contributed by atoms with Crippen molar-refractivity contribution in [1.29, 1.82) is 0 Å². The van der Waals surface area contributed by atoms with Crippen LogP contribution in [0.1, 0.15) is 168 Å². The standard InChI is InChI=1S/C42H77N2O6P/c1-3-5-7-9-11-13-15-17-19-20-22-24-26-28-30-32-34-36-42(46)44-40(39-50-51(47,48)49-38-37-43)41(45)35-33-31-29-27-25-23-21-18-16-14-12-10-8-6-4-2/h11,13,16-19,25,27,33,35,40-41,45H,3-10,12,14-15,20-24,26,28-32,34,36-39,43H2,1-2H3,(H,44,46)(H,47,48)/b13-11-,18-16+,19-17-,27-25+,35-33+. The molecule has 8 nitrogen and oxygen atoms in total. The number of carbonyl (C=O) groups excluding carboxylic acids is 1. The lowest BCUT2D eigenvalue weighted by Gasteiger charge is -2.23. The lowest BCUT2D eigenvalue weighted by molar-refractivity contribution is -0.123. The van der Waals surface area contributed by atoms with E-state index < -0.39 is 20.0 Å². The number of aliphatic hydroxyl groups is 1. The molecule has 0 saturated heterocycles. The van der Waals surface area contributed by atoms with Crippen LogP contribution in [0.15, 0.2) is 60.8 Å². The highest BCUT2D eigenvalue weighted by Gasteiger charge is 2.26. The average molecular weight is 737 g/mol. The molecule has 5 N–H and O–H groups in total. The van der Waals surface area contributed by atoms with Gasteiger partial charge in [-0.25, -0.2) is 4.57 Å². The molecule has 0 bridgehead atoms. The third kappa shape index (κ3) is 36.4. The Hall–Kier alpha value is -1.80. The smallest absolute Gasteiger partial charge is 0.387 e. The summed E-state index contributed by atoms with van der Waals surface area (Å²) in [5.74, 6) is -0.220. The summed E-state index contributed by atoms with van der Waals surface area (Å²) in [6, 6.07) is -0.888. The van der Waals surface area contributed by atoms with Gasteiger partial charge in [0.2, 0.25) is 5.91 Å². The van der Waals surface area contributed by atoms with Gasteiger partial charge in [0.1, 0.15) is 0 Å². The molecule has 0 spiro atoms. The zero-order valence-corrected chi connectivity index (χ0v) is 33.5. The van der Waals surface area contributed by atoms with Gasteiger partial charge in [0, 0.05) is 13.0 Å². The van der Waals surface area contributed by atoms with Gasteiger partial charge in [-0.3, -0.25) is 13.8 Å². The van der Waals surface area contributed by atoms with Crippen molar-refractivity contribution in [2.75, 3.05) is 19.8 Å². The topological polar surface area (TPSA) is 131 Å². The minimum absolute atomic E-state index is 0.0679. The number of nitrogens with two attached hydrogens (primary N) is 1. The molecule has 0 rings (SSSR count). The van der Waals surface area contributed by atoms with E-state index in [0.717, 1.165) is 64.2 Å². The fourth-order valence-corrected chi connectivity index (χ4v) is 6.19. The number of allylic oxidation sites excluding steroid dienone is 9. The Morgan fingerprint density at radius 1 is 0.647 bits per heavy atom. The zero-order valence-electron chi connectivity index (χ0n) is 32.6. The molecule has 9 heteroatoms. The van der Waals surface area contributed by atoms with Gasteiger partial charge in [-0.05, 0) is 77.0 Å². The van der Waals surface area contributed by atoms with Crippen LogP contribution in [0.25, 0.3) is 0 Å². The van der Waals surface area contributed by atoms with Crippen LogP contribution in [0.3, 0.4) is 0 Å². The van der Waals surface area contributed by atoms with Crippen molar-refractivity contribution in [1.82, 2.24) is 5.32 Å². The number of hydrogen-bond donors (Lipinski definition) is 4. The van der Waals surface area contributed by atoms with Gasteiger partial charge in [0.25, 0.3) is 0 Å². The first kappa shape index (κ1) is 49.2. The molecule has 0 radical (unpaired) electrons. The number of phosphoric ester groups is 1. The van der Waals surface area contributed by atoms with Crippen LogP contribution in [0.5, 0.6) is 0 Å². The lowest BCUT2D eigenvalue weighted by atomic mass is 10.1. The van der Waals surface area contributed by atoms with Crippen LogP contribution in [0.4, 0.5) is 0 Å². The van der Waals surface area contributed by atoms with Crippen molar-refractivity contribution in [2.24, 2.45) is 5.73 Å². The molecule has 296 valence electrons. The van der Waals surface area contributed by atoms with Gasteiger partial charge >= 0.3 is 7.82 Å². The van der Waals surface area contributed by atoms with Crippen LogP contribution in [-0.2, 0) is 18.4 Å². The van der Waals surface area contributed by atoms with Gasteiger partial charge in [0.15, 0.2) is 0 Å². The number of nitrogens with one attached hydrogen (secondary N) is 1. The summed E-state index contributed by atoms with van der Waals surface area (Å²) in [6.45, 7) is 4.04. The maximum absolute atomic E-state index is 12.7. The van der Waals surface area contributed by atoms with Crippen LogP contribution in [0, 0.1) is 0 Å². The fraction of sp³-hybridized carbons (Fsp3) is 0.738. The van der Waals surface area contributed by atoms with E-state index in [1.54, 1.807) is 6.08 Å². The molecule has 1 amide bonds. The van der Waals surface area contributed by atoms with Crippen LogP contribution >= 0.6 is 7.82 Å². The summed E-state index contributed by atoms with van der Waals surface area (Å²) >= 11 is 0. The molecule has 0 saturated carbocycles. The van der Waals surface area contributed by atoms with Crippen molar-refractivity contribution < 1.29 is 28.4 Å². The average Bonchev–Trinajstić information content (AvgIpc) is 3.12. The predicted molar refractivity (Wildman–Crippen MR) is 217 cm³/mol. The molecular formula is C42H77N2O6P. The van der Waals surface area contributed by atoms with Gasteiger partial charge in [-0.15, -0.1) is 0 Å². The summed E-state index contributed by atoms with van der Waals surface area (Å²) in [6.07, 6.45) is 46.9. The number of rotatable bonds is 37. The Labute approximate surface area is 313 Å². The fourth-order valence-electron chi connectivity index (χ4n) is 5.43. The van der Waals surface area contributed by atoms with E-state index in [0.29, 0.717) is 6.42 Å². The molecule has 0 aromatic carbocycles. The van der Waals surface area contributed by atoms with Crippen molar-refractivity contribution >= 4 is 13.7 Å². The summed E-state index contributed by atoms with van der Waals surface area (Å²) in [4.78, 5) is 22.6. The summed E-state index contributed by atoms with van der Waals surface area (Å²) in [7, 11) is -4.35. The van der Waals surface area contributed by atoms with Gasteiger partial charge < -0.3 is 21.1 Å². The van der Waals surface area contributed by atoms with Crippen LogP contribution < -0.4 is 11.1 Å². The molecular weight excluding hydrogens is 659 g/mol. The molecule has 0 fully saturated rings. The van der Waals surface area contributed by atoms with E-state index in [2.05, 4.69) is 67.8 Å². The molecule has 0 aromatic heterocycles. The zero-order chi connectivity index (χ0) is 37.5. The summed E-state index contributed by atoms with van der Waals surface area (Å²) in [5.41, 5.74) is 5.36. The number of unbranched alkanes of at least 4 members (excludes halogenated alkanes) is 17. The van der Waals surface area contributed by atoms with E-state index in [9.17, 15) is 19.4 Å². The first-order chi connectivity index (χ1) is 24.9. The summed E-state index contributed by atoms with van der Waals surface area (Å²) in [5, 5.41) is 13.6. The summed E-state index contributed by atoms with van der Waals surface area (Å²) < 4.78 is 22.1. The van der Waals surface area contributed by atoms with Gasteiger partial charge in [0.05, 0.1) is 25.4 Å². The highest BCUT2D eigenvalue weighted by Crippen LogP contribution is 2.43.